The van der Waals surface area contributed by atoms with E-state index in [-0.39, 0.29) is 30.4 Å². The maximum absolute atomic E-state index is 11.8. The van der Waals surface area contributed by atoms with Crippen LogP contribution in [0.25, 0.3) is 0 Å². The zero-order valence-electron chi connectivity index (χ0n) is 13.1. The molecule has 0 radical (unpaired) electrons. The number of rotatable bonds is 8. The van der Waals surface area contributed by atoms with E-state index < -0.39 is 0 Å². The normalized spacial score (nSPS) is 13.8. The van der Waals surface area contributed by atoms with E-state index in [1.54, 1.807) is 0 Å². The highest BCUT2D eigenvalue weighted by Crippen LogP contribution is 2.18. The van der Waals surface area contributed by atoms with E-state index in [4.69, 9.17) is 4.74 Å². The van der Waals surface area contributed by atoms with Crippen molar-refractivity contribution in [2.45, 2.75) is 38.0 Å². The molecule has 2 unspecified atom stereocenters. The maximum atomic E-state index is 11.8. The number of thioether (sulfide) groups is 1. The molecule has 0 aliphatic rings. The van der Waals surface area contributed by atoms with Gasteiger partial charge < -0.3 is 15.2 Å². The zero-order valence-corrected chi connectivity index (χ0v) is 13.9. The number of benzene rings is 1. The summed E-state index contributed by atoms with van der Waals surface area (Å²) in [7, 11) is 0. The van der Waals surface area contributed by atoms with Crippen LogP contribution in [0.2, 0.25) is 0 Å². The van der Waals surface area contributed by atoms with Gasteiger partial charge in [-0.25, -0.2) is 0 Å². The van der Waals surface area contributed by atoms with Crippen LogP contribution in [0, 0.1) is 0 Å². The molecule has 0 spiro atoms. The summed E-state index contributed by atoms with van der Waals surface area (Å²) < 4.78 is 5.47. The molecule has 0 bridgehead atoms. The van der Waals surface area contributed by atoms with Gasteiger partial charge in [0.05, 0.1) is 6.61 Å². The smallest absolute Gasteiger partial charge is 0.258 e. The molecule has 1 aromatic carbocycles. The minimum atomic E-state index is -0.178. The summed E-state index contributed by atoms with van der Waals surface area (Å²) >= 11 is 1.53. The summed E-state index contributed by atoms with van der Waals surface area (Å²) in [5.74, 6) is 0.985. The van der Waals surface area contributed by atoms with Crippen LogP contribution in [-0.4, -0.2) is 41.8 Å². The van der Waals surface area contributed by atoms with E-state index in [0.29, 0.717) is 11.7 Å². The van der Waals surface area contributed by atoms with E-state index >= 15 is 0 Å². The van der Waals surface area contributed by atoms with Gasteiger partial charge in [-0.05, 0) is 36.8 Å². The number of aliphatic hydroxyl groups excluding tert-OH is 1. The molecular formula is C16H25NO3S. The van der Waals surface area contributed by atoms with Gasteiger partial charge in [-0.1, -0.05) is 26.0 Å². The highest BCUT2D eigenvalue weighted by Gasteiger charge is 2.17. The van der Waals surface area contributed by atoms with E-state index in [2.05, 4.69) is 19.2 Å². The number of ether oxygens (including phenoxy) is 1. The van der Waals surface area contributed by atoms with E-state index in [1.165, 1.54) is 17.3 Å². The second-order valence-corrected chi connectivity index (χ2v) is 6.40. The summed E-state index contributed by atoms with van der Waals surface area (Å²) in [6.07, 6.45) is 1.91. The molecule has 4 nitrogen and oxygen atoms in total. The predicted octanol–water partition coefficient (Wildman–Crippen LogP) is 2.42. The lowest BCUT2D eigenvalue weighted by Crippen LogP contribution is -2.43. The molecule has 118 valence electrons. The van der Waals surface area contributed by atoms with Crippen molar-refractivity contribution in [3.63, 3.8) is 0 Å². The fourth-order valence-electron chi connectivity index (χ4n) is 1.92. The molecule has 5 heteroatoms. The summed E-state index contributed by atoms with van der Waals surface area (Å²) in [4.78, 5) is 11.8. The van der Waals surface area contributed by atoms with Gasteiger partial charge in [-0.15, -0.1) is 0 Å². The van der Waals surface area contributed by atoms with E-state index in [0.717, 1.165) is 0 Å². The Kier molecular flexibility index (Phi) is 7.61. The van der Waals surface area contributed by atoms with Gasteiger partial charge in [0.25, 0.3) is 5.91 Å². The number of carbonyl (C=O) groups is 1. The van der Waals surface area contributed by atoms with Crippen LogP contribution in [-0.2, 0) is 4.79 Å². The first-order chi connectivity index (χ1) is 9.97. The van der Waals surface area contributed by atoms with Crippen molar-refractivity contribution in [2.24, 2.45) is 0 Å². The van der Waals surface area contributed by atoms with Crippen molar-refractivity contribution in [1.82, 2.24) is 5.32 Å². The first-order valence-corrected chi connectivity index (χ1v) is 8.42. The van der Waals surface area contributed by atoms with Gasteiger partial charge in [0.1, 0.15) is 5.75 Å². The van der Waals surface area contributed by atoms with Crippen LogP contribution < -0.4 is 10.1 Å². The molecule has 0 fully saturated rings. The highest BCUT2D eigenvalue weighted by atomic mass is 32.2. The van der Waals surface area contributed by atoms with Gasteiger partial charge in [-0.2, -0.15) is 11.8 Å². The van der Waals surface area contributed by atoms with Crippen molar-refractivity contribution >= 4 is 17.7 Å². The molecule has 1 rings (SSSR count). The van der Waals surface area contributed by atoms with Crippen LogP contribution in [0.5, 0.6) is 5.75 Å². The molecule has 0 saturated carbocycles. The lowest BCUT2D eigenvalue weighted by atomic mass is 10.0. The average molecular weight is 311 g/mol. The number of carbonyl (C=O) groups excluding carboxylic acids is 1. The number of aliphatic hydroxyl groups is 1. The van der Waals surface area contributed by atoms with Crippen LogP contribution in [0.1, 0.15) is 32.3 Å². The first-order valence-electron chi connectivity index (χ1n) is 7.13. The summed E-state index contributed by atoms with van der Waals surface area (Å²) in [6, 6.07) is 7.69. The van der Waals surface area contributed by atoms with Crippen LogP contribution in [0.3, 0.4) is 0 Å². The Morgan fingerprint density at radius 3 is 2.38 bits per heavy atom. The van der Waals surface area contributed by atoms with Crippen LogP contribution in [0.15, 0.2) is 24.3 Å². The second kappa shape index (κ2) is 8.95. The van der Waals surface area contributed by atoms with Crippen molar-refractivity contribution < 1.29 is 14.6 Å². The third kappa shape index (κ3) is 5.98. The average Bonchev–Trinajstić information content (AvgIpc) is 2.46. The van der Waals surface area contributed by atoms with Gasteiger partial charge in [0, 0.05) is 11.3 Å². The molecule has 0 saturated heterocycles. The Hall–Kier alpha value is -1.20. The Bertz CT molecular complexity index is 430. The standard InChI is InChI=1S/C16H25NO3S/c1-11(2)13-5-7-14(8-6-13)20-10-16(19)17-12(3)15(9-18)21-4/h5-8,11-12,15,18H,9-10H2,1-4H3,(H,17,19). The van der Waals surface area contributed by atoms with Crippen molar-refractivity contribution in [3.8, 4) is 5.75 Å². The number of amides is 1. The summed E-state index contributed by atoms with van der Waals surface area (Å²) in [6.45, 7) is 6.17. The fraction of sp³-hybridized carbons (Fsp3) is 0.562. The lowest BCUT2D eigenvalue weighted by molar-refractivity contribution is -0.123. The monoisotopic (exact) mass is 311 g/mol. The van der Waals surface area contributed by atoms with Gasteiger partial charge in [-0.3, -0.25) is 4.79 Å². The quantitative estimate of drug-likeness (QED) is 0.774. The fourth-order valence-corrected chi connectivity index (χ4v) is 2.55. The minimum absolute atomic E-state index is 0.000671. The molecule has 2 atom stereocenters. The van der Waals surface area contributed by atoms with E-state index in [1.807, 2.05) is 37.4 Å². The van der Waals surface area contributed by atoms with Crippen molar-refractivity contribution in [3.05, 3.63) is 29.8 Å². The summed E-state index contributed by atoms with van der Waals surface area (Å²) in [5, 5.41) is 12.0. The minimum Gasteiger partial charge on any atom is -0.484 e. The molecule has 1 aromatic rings. The van der Waals surface area contributed by atoms with Crippen molar-refractivity contribution in [1.29, 1.82) is 0 Å². The van der Waals surface area contributed by atoms with Crippen molar-refractivity contribution in [2.75, 3.05) is 19.5 Å². The topological polar surface area (TPSA) is 58.6 Å². The SMILES string of the molecule is CSC(CO)C(C)NC(=O)COc1ccc(C(C)C)cc1. The Labute approximate surface area is 131 Å². The number of hydrogen-bond acceptors (Lipinski definition) is 4. The molecule has 0 aromatic heterocycles. The summed E-state index contributed by atoms with van der Waals surface area (Å²) in [5.41, 5.74) is 1.24. The van der Waals surface area contributed by atoms with E-state index in [9.17, 15) is 9.90 Å². The predicted molar refractivity (Wildman–Crippen MR) is 88.0 cm³/mol. The molecule has 1 amide bonds. The number of hydrogen-bond donors (Lipinski definition) is 2. The Balaban J connectivity index is 2.42. The van der Waals surface area contributed by atoms with Gasteiger partial charge in [0.15, 0.2) is 6.61 Å². The van der Waals surface area contributed by atoms with Crippen LogP contribution in [0.4, 0.5) is 0 Å². The van der Waals surface area contributed by atoms with Crippen LogP contribution >= 0.6 is 11.8 Å². The second-order valence-electron chi connectivity index (χ2n) is 5.33. The first kappa shape index (κ1) is 17.9. The highest BCUT2D eigenvalue weighted by molar-refractivity contribution is 7.99. The molecule has 2 N–H and O–H groups in total. The number of nitrogens with one attached hydrogen (secondary N) is 1. The largest absolute Gasteiger partial charge is 0.484 e. The van der Waals surface area contributed by atoms with Gasteiger partial charge >= 0.3 is 0 Å². The molecule has 0 heterocycles. The Morgan fingerprint density at radius 2 is 1.90 bits per heavy atom. The maximum Gasteiger partial charge on any atom is 0.258 e. The molecule has 21 heavy (non-hydrogen) atoms. The van der Waals surface area contributed by atoms with Gasteiger partial charge in [0.2, 0.25) is 0 Å². The molecular weight excluding hydrogens is 286 g/mol. The third-order valence-electron chi connectivity index (χ3n) is 3.35. The Morgan fingerprint density at radius 1 is 1.29 bits per heavy atom. The molecule has 0 aliphatic heterocycles. The molecule has 0 aliphatic carbocycles. The lowest BCUT2D eigenvalue weighted by Gasteiger charge is -2.21. The third-order valence-corrected chi connectivity index (χ3v) is 4.51. The zero-order chi connectivity index (χ0) is 15.8.